The van der Waals surface area contributed by atoms with Crippen LogP contribution in [-0.2, 0) is 0 Å². The van der Waals surface area contributed by atoms with E-state index in [-0.39, 0.29) is 24.8 Å². The Hall–Kier alpha value is -0.980. The first-order chi connectivity index (χ1) is 4.34. The van der Waals surface area contributed by atoms with E-state index in [0.29, 0.717) is 11.4 Å². The van der Waals surface area contributed by atoms with E-state index in [1.807, 2.05) is 6.07 Å². The van der Waals surface area contributed by atoms with Crippen molar-refractivity contribution in [2.45, 2.75) is 0 Å². The molecule has 11 heavy (non-hydrogen) atoms. The molecule has 0 aliphatic rings. The third-order valence-electron chi connectivity index (χ3n) is 0.959. The van der Waals surface area contributed by atoms with Gasteiger partial charge in [-0.15, -0.1) is 24.8 Å². The molecule has 0 unspecified atom stereocenters. The molecule has 0 aliphatic heterocycles. The van der Waals surface area contributed by atoms with Crippen LogP contribution in [0, 0.1) is 11.3 Å². The number of hydrogen-bond donors (Lipinski definition) is 1. The van der Waals surface area contributed by atoms with Crippen LogP contribution in [0.5, 0.6) is 0 Å². The fourth-order valence-corrected chi connectivity index (χ4v) is 0.512. The first-order valence-electron chi connectivity index (χ1n) is 2.45. The standard InChI is InChI=1S/C6H5N3.2ClH/c7-4-5-2-1-3-9-6(5)8;;/h1-3H,(H2,8,9);2*1H. The highest BCUT2D eigenvalue weighted by molar-refractivity contribution is 5.85. The minimum absolute atomic E-state index is 0. The summed E-state index contributed by atoms with van der Waals surface area (Å²) in [6.45, 7) is 0. The maximum absolute atomic E-state index is 8.35. The van der Waals surface area contributed by atoms with E-state index in [9.17, 15) is 0 Å². The van der Waals surface area contributed by atoms with Crippen molar-refractivity contribution in [2.75, 3.05) is 5.73 Å². The second-order valence-electron chi connectivity index (χ2n) is 1.55. The van der Waals surface area contributed by atoms with Crippen LogP contribution in [0.2, 0.25) is 0 Å². The molecule has 3 nitrogen and oxygen atoms in total. The van der Waals surface area contributed by atoms with Gasteiger partial charge in [-0.25, -0.2) is 4.98 Å². The second kappa shape index (κ2) is 5.78. The van der Waals surface area contributed by atoms with Crippen LogP contribution in [-0.4, -0.2) is 4.98 Å². The molecule has 0 amide bonds. The Labute approximate surface area is 77.1 Å². The van der Waals surface area contributed by atoms with E-state index in [4.69, 9.17) is 11.0 Å². The minimum atomic E-state index is 0. The summed E-state index contributed by atoms with van der Waals surface area (Å²) in [6.07, 6.45) is 1.55. The van der Waals surface area contributed by atoms with Gasteiger partial charge in [-0.1, -0.05) is 0 Å². The molecule has 0 saturated heterocycles. The average molecular weight is 192 g/mol. The summed E-state index contributed by atoms with van der Waals surface area (Å²) >= 11 is 0. The van der Waals surface area contributed by atoms with Crippen LogP contribution in [0.3, 0.4) is 0 Å². The molecule has 0 aromatic carbocycles. The number of anilines is 1. The molecule has 1 rings (SSSR count). The smallest absolute Gasteiger partial charge is 0.141 e. The SMILES string of the molecule is Cl.Cl.N#Cc1cccnc1N. The van der Waals surface area contributed by atoms with Crippen molar-refractivity contribution in [1.82, 2.24) is 4.98 Å². The molecule has 1 heterocycles. The number of pyridine rings is 1. The average Bonchev–Trinajstić information content (AvgIpc) is 1.89. The summed E-state index contributed by atoms with van der Waals surface area (Å²) in [5, 5.41) is 8.35. The van der Waals surface area contributed by atoms with E-state index in [2.05, 4.69) is 4.98 Å². The van der Waals surface area contributed by atoms with E-state index in [1.54, 1.807) is 18.3 Å². The number of rotatable bonds is 0. The van der Waals surface area contributed by atoms with Crippen LogP contribution < -0.4 is 5.73 Å². The molecule has 0 atom stereocenters. The molecule has 0 saturated carbocycles. The molecule has 0 aliphatic carbocycles. The lowest BCUT2D eigenvalue weighted by atomic mass is 10.3. The van der Waals surface area contributed by atoms with Crippen LogP contribution in [0.1, 0.15) is 5.56 Å². The van der Waals surface area contributed by atoms with Crippen molar-refractivity contribution in [3.05, 3.63) is 23.9 Å². The predicted molar refractivity (Wildman–Crippen MR) is 47.9 cm³/mol. The molecule has 0 spiro atoms. The summed E-state index contributed by atoms with van der Waals surface area (Å²) in [6, 6.07) is 5.21. The molecule has 1 aromatic rings. The summed E-state index contributed by atoms with van der Waals surface area (Å²) in [7, 11) is 0. The molecule has 2 N–H and O–H groups in total. The van der Waals surface area contributed by atoms with Crippen LogP contribution in [0.4, 0.5) is 5.82 Å². The zero-order chi connectivity index (χ0) is 6.69. The number of aromatic nitrogens is 1. The number of halogens is 2. The zero-order valence-electron chi connectivity index (χ0n) is 5.52. The van der Waals surface area contributed by atoms with Gasteiger partial charge < -0.3 is 5.73 Å². The van der Waals surface area contributed by atoms with Gasteiger partial charge in [-0.3, -0.25) is 0 Å². The van der Waals surface area contributed by atoms with Gasteiger partial charge in [0, 0.05) is 6.20 Å². The molecule has 60 valence electrons. The maximum atomic E-state index is 8.35. The zero-order valence-corrected chi connectivity index (χ0v) is 7.15. The van der Waals surface area contributed by atoms with Gasteiger partial charge in [0.25, 0.3) is 0 Å². The van der Waals surface area contributed by atoms with Crippen molar-refractivity contribution >= 4 is 30.6 Å². The minimum Gasteiger partial charge on any atom is -0.383 e. The Balaban J connectivity index is 0. The van der Waals surface area contributed by atoms with E-state index in [1.165, 1.54) is 0 Å². The Kier molecular flexibility index (Phi) is 6.66. The Morgan fingerprint density at radius 2 is 2.09 bits per heavy atom. The van der Waals surface area contributed by atoms with Gasteiger partial charge in [0.1, 0.15) is 11.9 Å². The first kappa shape index (κ1) is 12.7. The van der Waals surface area contributed by atoms with Gasteiger partial charge in [0.15, 0.2) is 0 Å². The number of nitrogens with two attached hydrogens (primary N) is 1. The van der Waals surface area contributed by atoms with Gasteiger partial charge >= 0.3 is 0 Å². The second-order valence-corrected chi connectivity index (χ2v) is 1.55. The monoisotopic (exact) mass is 191 g/mol. The van der Waals surface area contributed by atoms with Crippen LogP contribution in [0.15, 0.2) is 18.3 Å². The van der Waals surface area contributed by atoms with E-state index < -0.39 is 0 Å². The van der Waals surface area contributed by atoms with Crippen LogP contribution in [0.25, 0.3) is 0 Å². The van der Waals surface area contributed by atoms with E-state index >= 15 is 0 Å². The molecular formula is C6H7Cl2N3. The summed E-state index contributed by atoms with van der Waals surface area (Å²) < 4.78 is 0. The van der Waals surface area contributed by atoms with Crippen molar-refractivity contribution in [3.63, 3.8) is 0 Å². The Bertz CT molecular complexity index is 256. The van der Waals surface area contributed by atoms with Crippen molar-refractivity contribution in [1.29, 1.82) is 5.26 Å². The Morgan fingerprint density at radius 1 is 1.45 bits per heavy atom. The lowest BCUT2D eigenvalue weighted by Crippen LogP contribution is -1.91. The first-order valence-corrected chi connectivity index (χ1v) is 2.45. The number of nitriles is 1. The summed E-state index contributed by atoms with van der Waals surface area (Å²) in [5.41, 5.74) is 5.73. The van der Waals surface area contributed by atoms with E-state index in [0.717, 1.165) is 0 Å². The molecule has 0 fully saturated rings. The molecule has 1 aromatic heterocycles. The molecule has 5 heteroatoms. The highest BCUT2D eigenvalue weighted by atomic mass is 35.5. The fraction of sp³-hybridized carbons (Fsp3) is 0. The van der Waals surface area contributed by atoms with Crippen molar-refractivity contribution in [2.24, 2.45) is 0 Å². The topological polar surface area (TPSA) is 62.7 Å². The summed E-state index contributed by atoms with van der Waals surface area (Å²) in [5.74, 6) is 0.292. The van der Waals surface area contributed by atoms with Gasteiger partial charge in [-0.2, -0.15) is 5.26 Å². The molecule has 0 radical (unpaired) electrons. The summed E-state index contributed by atoms with van der Waals surface area (Å²) in [4.78, 5) is 3.71. The van der Waals surface area contributed by atoms with Crippen LogP contribution >= 0.6 is 24.8 Å². The third kappa shape index (κ3) is 3.08. The third-order valence-corrected chi connectivity index (χ3v) is 0.959. The van der Waals surface area contributed by atoms with Gasteiger partial charge in [0.05, 0.1) is 5.56 Å². The van der Waals surface area contributed by atoms with Gasteiger partial charge in [-0.05, 0) is 12.1 Å². The maximum Gasteiger partial charge on any atom is 0.141 e. The van der Waals surface area contributed by atoms with Crippen molar-refractivity contribution in [3.8, 4) is 6.07 Å². The normalized spacial score (nSPS) is 6.82. The number of nitrogen functional groups attached to an aromatic ring is 1. The lowest BCUT2D eigenvalue weighted by Gasteiger charge is -1.90. The number of nitrogens with zero attached hydrogens (tertiary/aromatic N) is 2. The predicted octanol–water partition coefficient (Wildman–Crippen LogP) is 1.38. The molecule has 0 bridgehead atoms. The fourth-order valence-electron chi connectivity index (χ4n) is 0.512. The highest BCUT2D eigenvalue weighted by Gasteiger charge is 1.92. The molecular weight excluding hydrogens is 185 g/mol. The quantitative estimate of drug-likeness (QED) is 0.675. The Morgan fingerprint density at radius 3 is 2.45 bits per heavy atom. The van der Waals surface area contributed by atoms with Crippen molar-refractivity contribution < 1.29 is 0 Å². The number of hydrogen-bond acceptors (Lipinski definition) is 3. The lowest BCUT2D eigenvalue weighted by molar-refractivity contribution is 1.31. The largest absolute Gasteiger partial charge is 0.383 e. The highest BCUT2D eigenvalue weighted by Crippen LogP contribution is 2.02. The van der Waals surface area contributed by atoms with Gasteiger partial charge in [0.2, 0.25) is 0 Å².